The van der Waals surface area contributed by atoms with Gasteiger partial charge in [-0.1, -0.05) is 59.8 Å². The lowest BCUT2D eigenvalue weighted by molar-refractivity contribution is -0.250. The van der Waals surface area contributed by atoms with Crippen LogP contribution in [0, 0.1) is 6.92 Å². The molecule has 0 aliphatic carbocycles. The van der Waals surface area contributed by atoms with Crippen molar-refractivity contribution in [3.63, 3.8) is 0 Å². The van der Waals surface area contributed by atoms with Crippen molar-refractivity contribution in [1.29, 1.82) is 0 Å². The third-order valence-electron chi connectivity index (χ3n) is 5.41. The summed E-state index contributed by atoms with van der Waals surface area (Å²) in [6.45, 7) is 7.32. The highest BCUT2D eigenvalue weighted by Crippen LogP contribution is 2.38. The van der Waals surface area contributed by atoms with E-state index in [0.29, 0.717) is 0 Å². The molecule has 1 saturated heterocycles. The lowest BCUT2D eigenvalue weighted by atomic mass is 9.99. The van der Waals surface area contributed by atoms with Crippen LogP contribution in [0.25, 0.3) is 0 Å². The molecule has 9 heteroatoms. The monoisotopic (exact) mass is 536 g/mol. The van der Waals surface area contributed by atoms with Gasteiger partial charge in [0.05, 0.1) is 12.7 Å². The minimum absolute atomic E-state index is 0.0664. The zero-order valence-corrected chi connectivity index (χ0v) is 22.5. The molecular weight excluding hydrogens is 504 g/mol. The normalized spacial score (nSPS) is 23.9. The predicted molar refractivity (Wildman–Crippen MR) is 138 cm³/mol. The fraction of sp³-hybridized carbons (Fsp3) is 0.481. The molecule has 1 aliphatic rings. The molecule has 1 heterocycles. The van der Waals surface area contributed by atoms with Gasteiger partial charge in [0.25, 0.3) is 0 Å². The lowest BCUT2D eigenvalue weighted by Gasteiger charge is -2.45. The van der Waals surface area contributed by atoms with Crippen LogP contribution in [-0.4, -0.2) is 60.4 Å². The molecule has 0 radical (unpaired) electrons. The largest absolute Gasteiger partial charge is 0.463 e. The first-order valence-corrected chi connectivity index (χ1v) is 13.3. The number of alkyl halides is 1. The predicted octanol–water partition coefficient (Wildman–Crippen LogP) is 4.90. The van der Waals surface area contributed by atoms with Crippen LogP contribution in [0.15, 0.2) is 59.5 Å². The van der Waals surface area contributed by atoms with Gasteiger partial charge in [0, 0.05) is 11.8 Å². The van der Waals surface area contributed by atoms with Crippen molar-refractivity contribution in [1.82, 2.24) is 0 Å². The molecule has 0 amide bonds. The second-order valence-electron chi connectivity index (χ2n) is 8.78. The van der Waals surface area contributed by atoms with E-state index in [9.17, 15) is 9.59 Å². The van der Waals surface area contributed by atoms with E-state index in [1.165, 1.54) is 18.7 Å². The van der Waals surface area contributed by atoms with E-state index in [1.54, 1.807) is 0 Å². The average molecular weight is 537 g/mol. The topological polar surface area (TPSA) is 80.3 Å². The minimum atomic E-state index is -0.848. The maximum atomic E-state index is 12.4. The molecule has 0 unspecified atom stereocenters. The molecule has 1 fully saturated rings. The number of halogens is 1. The number of thioether (sulfide) groups is 1. The van der Waals surface area contributed by atoms with E-state index >= 15 is 0 Å². The summed E-state index contributed by atoms with van der Waals surface area (Å²) in [5, 5.41) is 0. The molecule has 7 nitrogen and oxygen atoms in total. The number of hydrogen-bond acceptors (Lipinski definition) is 8. The van der Waals surface area contributed by atoms with Gasteiger partial charge in [0.15, 0.2) is 6.10 Å². The van der Waals surface area contributed by atoms with Crippen LogP contribution in [0.1, 0.15) is 31.9 Å². The summed E-state index contributed by atoms with van der Waals surface area (Å²) in [4.78, 5) is 25.0. The SMILES string of the molecule is CC(=O)OC[C@H]1O[C@@H](Sc2ccc(C)cc2)[C@H](OC(C)C)[C@@H](OC(=O)CCl)[C@@H]1OCc1ccccc1. The molecule has 1 aliphatic heterocycles. The van der Waals surface area contributed by atoms with Crippen molar-refractivity contribution < 1.29 is 33.3 Å². The standard InChI is InChI=1S/C27H33ClO7S/c1-17(2)33-26-25(35-23(30)14-28)24(32-15-20-8-6-5-7-9-20)22(16-31-19(4)29)34-27(26)36-21-12-10-18(3)11-13-21/h5-13,17,22,24-27H,14-16H2,1-4H3/t22-,24-,25+,26-,27+/m1/s1. The van der Waals surface area contributed by atoms with Crippen molar-refractivity contribution in [3.05, 3.63) is 65.7 Å². The van der Waals surface area contributed by atoms with Crippen LogP contribution in [0.4, 0.5) is 0 Å². The Kier molecular flexibility index (Phi) is 11.1. The second-order valence-corrected chi connectivity index (χ2v) is 10.2. The number of carbonyl (C=O) groups is 2. The number of rotatable bonds is 11. The Morgan fingerprint density at radius 3 is 2.33 bits per heavy atom. The first-order valence-electron chi connectivity index (χ1n) is 11.9. The van der Waals surface area contributed by atoms with Crippen LogP contribution in [0.5, 0.6) is 0 Å². The molecule has 0 spiro atoms. The van der Waals surface area contributed by atoms with Gasteiger partial charge >= 0.3 is 11.9 Å². The van der Waals surface area contributed by atoms with Crippen molar-refractivity contribution in [2.24, 2.45) is 0 Å². The van der Waals surface area contributed by atoms with Crippen molar-refractivity contribution in [3.8, 4) is 0 Å². The Labute approximate surface area is 221 Å². The molecule has 2 aromatic carbocycles. The summed E-state index contributed by atoms with van der Waals surface area (Å²) < 4.78 is 30.1. The zero-order chi connectivity index (χ0) is 26.1. The Morgan fingerprint density at radius 2 is 1.72 bits per heavy atom. The van der Waals surface area contributed by atoms with Crippen molar-refractivity contribution in [2.75, 3.05) is 12.5 Å². The fourth-order valence-corrected chi connectivity index (χ4v) is 4.98. The third kappa shape index (κ3) is 8.49. The maximum Gasteiger partial charge on any atom is 0.321 e. The highest BCUT2D eigenvalue weighted by atomic mass is 35.5. The number of ether oxygens (including phenoxy) is 5. The van der Waals surface area contributed by atoms with E-state index in [-0.39, 0.29) is 25.2 Å². The van der Waals surface area contributed by atoms with Gasteiger partial charge in [-0.15, -0.1) is 11.6 Å². The van der Waals surface area contributed by atoms with Gasteiger partial charge < -0.3 is 23.7 Å². The second kappa shape index (κ2) is 14.0. The smallest absolute Gasteiger partial charge is 0.321 e. The quantitative estimate of drug-likeness (QED) is 0.296. The highest BCUT2D eigenvalue weighted by Gasteiger charge is 2.50. The van der Waals surface area contributed by atoms with Crippen molar-refractivity contribution in [2.45, 2.75) is 75.2 Å². The molecule has 0 aromatic heterocycles. The Bertz CT molecular complexity index is 970. The number of aryl methyl sites for hydroxylation is 1. The summed E-state index contributed by atoms with van der Waals surface area (Å²) in [5.41, 5.74) is 1.50. The van der Waals surface area contributed by atoms with Crippen LogP contribution >= 0.6 is 23.4 Å². The Balaban J connectivity index is 1.95. The van der Waals surface area contributed by atoms with Gasteiger partial charge in [0.1, 0.15) is 36.2 Å². The number of benzene rings is 2. The molecule has 0 saturated carbocycles. The summed E-state index contributed by atoms with van der Waals surface area (Å²) >= 11 is 7.25. The van der Waals surface area contributed by atoms with E-state index < -0.39 is 41.8 Å². The van der Waals surface area contributed by atoms with Crippen molar-refractivity contribution >= 4 is 35.3 Å². The first kappa shape index (κ1) is 28.5. The van der Waals surface area contributed by atoms with E-state index in [0.717, 1.165) is 16.0 Å². The molecular formula is C27H33ClO7S. The fourth-order valence-electron chi connectivity index (χ4n) is 3.80. The first-order chi connectivity index (χ1) is 17.3. The molecule has 0 bridgehead atoms. The van der Waals surface area contributed by atoms with Crippen LogP contribution < -0.4 is 0 Å². The van der Waals surface area contributed by atoms with Gasteiger partial charge in [-0.2, -0.15) is 0 Å². The number of carbonyl (C=O) groups excluding carboxylic acids is 2. The van der Waals surface area contributed by atoms with Gasteiger partial charge in [-0.25, -0.2) is 0 Å². The molecule has 5 atom stereocenters. The zero-order valence-electron chi connectivity index (χ0n) is 20.9. The molecule has 2 aromatic rings. The van der Waals surface area contributed by atoms with Crippen LogP contribution in [-0.2, 0) is 39.9 Å². The van der Waals surface area contributed by atoms with Gasteiger partial charge in [0.2, 0.25) is 0 Å². The van der Waals surface area contributed by atoms with Crippen LogP contribution in [0.3, 0.4) is 0 Å². The van der Waals surface area contributed by atoms with Gasteiger partial charge in [-0.3, -0.25) is 9.59 Å². The summed E-state index contributed by atoms with van der Waals surface area (Å²) in [6.07, 6.45) is -3.18. The summed E-state index contributed by atoms with van der Waals surface area (Å²) in [7, 11) is 0. The molecule has 36 heavy (non-hydrogen) atoms. The maximum absolute atomic E-state index is 12.4. The van der Waals surface area contributed by atoms with E-state index in [2.05, 4.69) is 0 Å². The van der Waals surface area contributed by atoms with Gasteiger partial charge in [-0.05, 0) is 38.5 Å². The molecule has 0 N–H and O–H groups in total. The minimum Gasteiger partial charge on any atom is -0.463 e. The highest BCUT2D eigenvalue weighted by molar-refractivity contribution is 7.99. The molecule has 196 valence electrons. The Morgan fingerprint density at radius 1 is 1.03 bits per heavy atom. The van der Waals surface area contributed by atoms with E-state index in [4.69, 9.17) is 35.3 Å². The summed E-state index contributed by atoms with van der Waals surface area (Å²) in [6, 6.07) is 17.6. The third-order valence-corrected chi connectivity index (χ3v) is 6.78. The molecule has 3 rings (SSSR count). The lowest BCUT2D eigenvalue weighted by Crippen LogP contribution is -2.61. The Hall–Kier alpha value is -2.10. The number of esters is 2. The summed E-state index contributed by atoms with van der Waals surface area (Å²) in [5.74, 6) is -1.36. The number of hydrogen-bond donors (Lipinski definition) is 0. The van der Waals surface area contributed by atoms with E-state index in [1.807, 2.05) is 75.4 Å². The average Bonchev–Trinajstić information content (AvgIpc) is 2.85. The van der Waals surface area contributed by atoms with Crippen LogP contribution in [0.2, 0.25) is 0 Å².